The summed E-state index contributed by atoms with van der Waals surface area (Å²) in [6.07, 6.45) is 1.69. The van der Waals surface area contributed by atoms with Crippen LogP contribution in [0.4, 0.5) is 5.69 Å². The van der Waals surface area contributed by atoms with E-state index in [9.17, 15) is 14.9 Å². The van der Waals surface area contributed by atoms with Gasteiger partial charge in [0.1, 0.15) is 0 Å². The number of hydrogen-bond acceptors (Lipinski definition) is 4. The lowest BCUT2D eigenvalue weighted by Gasteiger charge is -2.00. The highest BCUT2D eigenvalue weighted by molar-refractivity contribution is 7.16. The molecule has 1 aromatic heterocycles. The van der Waals surface area contributed by atoms with Crippen LogP contribution in [0.3, 0.4) is 0 Å². The summed E-state index contributed by atoms with van der Waals surface area (Å²) in [4.78, 5) is 27.5. The number of amides is 1. The summed E-state index contributed by atoms with van der Waals surface area (Å²) in [6, 6.07) is 13.4. The van der Waals surface area contributed by atoms with Gasteiger partial charge in [0.2, 0.25) is 0 Å². The third-order valence-corrected chi connectivity index (χ3v) is 4.45. The van der Waals surface area contributed by atoms with E-state index < -0.39 is 4.92 Å². The highest BCUT2D eigenvalue weighted by Crippen LogP contribution is 2.23. The summed E-state index contributed by atoms with van der Waals surface area (Å²) in [5, 5.41) is 10.9. The Kier molecular flexibility index (Phi) is 4.35. The molecule has 0 N–H and O–H groups in total. The van der Waals surface area contributed by atoms with E-state index in [0.717, 1.165) is 5.52 Å². The number of nitro benzene ring substituents is 1. The van der Waals surface area contributed by atoms with Gasteiger partial charge in [0.25, 0.3) is 11.6 Å². The molecule has 0 fully saturated rings. The van der Waals surface area contributed by atoms with Gasteiger partial charge in [-0.15, -0.1) is 6.58 Å². The van der Waals surface area contributed by atoms with Gasteiger partial charge in [0, 0.05) is 24.2 Å². The lowest BCUT2D eigenvalue weighted by atomic mass is 10.2. The zero-order chi connectivity index (χ0) is 17.1. The maximum absolute atomic E-state index is 12.3. The minimum absolute atomic E-state index is 0.00967. The normalized spacial score (nSPS) is 11.6. The SMILES string of the molecule is C=CCn1c(=NC(=O)c2ccccc2)sc2cc([N+](=O)[O-])ccc21. The standard InChI is InChI=1S/C17H13N3O3S/c1-2-10-19-14-9-8-13(20(22)23)11-15(14)24-17(19)18-16(21)12-6-4-3-5-7-12/h2-9,11H,1,10H2. The molecule has 0 unspecified atom stereocenters. The van der Waals surface area contributed by atoms with Crippen molar-refractivity contribution in [1.82, 2.24) is 4.57 Å². The minimum atomic E-state index is -0.442. The fourth-order valence-electron chi connectivity index (χ4n) is 2.30. The molecule has 24 heavy (non-hydrogen) atoms. The van der Waals surface area contributed by atoms with Gasteiger partial charge in [-0.25, -0.2) is 0 Å². The Labute approximate surface area is 141 Å². The van der Waals surface area contributed by atoms with Crippen LogP contribution >= 0.6 is 11.3 Å². The molecule has 0 aliphatic rings. The number of aromatic nitrogens is 1. The molecule has 0 spiro atoms. The number of hydrogen-bond donors (Lipinski definition) is 0. The summed E-state index contributed by atoms with van der Waals surface area (Å²) in [7, 11) is 0. The second-order valence-electron chi connectivity index (χ2n) is 4.98. The van der Waals surface area contributed by atoms with Crippen molar-refractivity contribution in [2.24, 2.45) is 4.99 Å². The van der Waals surface area contributed by atoms with Crippen molar-refractivity contribution < 1.29 is 9.72 Å². The summed E-state index contributed by atoms with van der Waals surface area (Å²) in [5.41, 5.74) is 1.28. The Hall–Kier alpha value is -3.06. The highest BCUT2D eigenvalue weighted by atomic mass is 32.1. The largest absolute Gasteiger partial charge is 0.312 e. The number of benzene rings is 2. The molecule has 0 saturated carbocycles. The van der Waals surface area contributed by atoms with Gasteiger partial charge in [-0.2, -0.15) is 4.99 Å². The second kappa shape index (κ2) is 6.59. The molecule has 1 heterocycles. The zero-order valence-corrected chi connectivity index (χ0v) is 13.4. The van der Waals surface area contributed by atoms with E-state index in [0.29, 0.717) is 21.6 Å². The van der Waals surface area contributed by atoms with Crippen molar-refractivity contribution in [2.45, 2.75) is 6.54 Å². The van der Waals surface area contributed by atoms with Crippen LogP contribution in [0.15, 0.2) is 66.2 Å². The molecular formula is C17H13N3O3S. The molecule has 7 heteroatoms. The van der Waals surface area contributed by atoms with Gasteiger partial charge in [-0.1, -0.05) is 35.6 Å². The summed E-state index contributed by atoms with van der Waals surface area (Å²) in [5.74, 6) is -0.352. The number of nitrogens with zero attached hydrogens (tertiary/aromatic N) is 3. The first-order chi connectivity index (χ1) is 11.6. The van der Waals surface area contributed by atoms with Crippen LogP contribution in [0.25, 0.3) is 10.2 Å². The van der Waals surface area contributed by atoms with E-state index in [1.165, 1.54) is 23.5 Å². The lowest BCUT2D eigenvalue weighted by molar-refractivity contribution is -0.384. The van der Waals surface area contributed by atoms with Crippen LogP contribution in [0, 0.1) is 10.1 Å². The third-order valence-electron chi connectivity index (χ3n) is 3.41. The summed E-state index contributed by atoms with van der Waals surface area (Å²) < 4.78 is 2.52. The molecule has 2 aromatic carbocycles. The van der Waals surface area contributed by atoms with Crippen LogP contribution in [-0.2, 0) is 6.54 Å². The van der Waals surface area contributed by atoms with Gasteiger partial charge in [0.15, 0.2) is 4.80 Å². The van der Waals surface area contributed by atoms with Crippen molar-refractivity contribution in [2.75, 3.05) is 0 Å². The number of carbonyl (C=O) groups is 1. The molecule has 120 valence electrons. The number of rotatable bonds is 4. The van der Waals surface area contributed by atoms with Crippen LogP contribution < -0.4 is 4.80 Å². The first-order valence-electron chi connectivity index (χ1n) is 7.13. The Balaban J connectivity index is 2.17. The Bertz CT molecular complexity index is 1000. The topological polar surface area (TPSA) is 77.5 Å². The average molecular weight is 339 g/mol. The monoisotopic (exact) mass is 339 g/mol. The minimum Gasteiger partial charge on any atom is -0.312 e. The number of non-ortho nitro benzene ring substituents is 1. The number of thiazole rings is 1. The predicted octanol–water partition coefficient (Wildman–Crippen LogP) is 3.54. The van der Waals surface area contributed by atoms with Gasteiger partial charge < -0.3 is 4.57 Å². The molecule has 0 radical (unpaired) electrons. The molecule has 1 amide bonds. The Morgan fingerprint density at radius 3 is 2.71 bits per heavy atom. The van der Waals surface area contributed by atoms with Crippen LogP contribution in [-0.4, -0.2) is 15.4 Å². The van der Waals surface area contributed by atoms with Crippen LogP contribution in [0.2, 0.25) is 0 Å². The number of allylic oxidation sites excluding steroid dienone is 1. The number of nitro groups is 1. The smallest absolute Gasteiger partial charge is 0.279 e. The highest BCUT2D eigenvalue weighted by Gasteiger charge is 2.12. The van der Waals surface area contributed by atoms with E-state index >= 15 is 0 Å². The quantitative estimate of drug-likeness (QED) is 0.414. The van der Waals surface area contributed by atoms with Crippen molar-refractivity contribution in [3.63, 3.8) is 0 Å². The second-order valence-corrected chi connectivity index (χ2v) is 5.99. The number of fused-ring (bicyclic) bond motifs is 1. The maximum Gasteiger partial charge on any atom is 0.279 e. The van der Waals surface area contributed by atoms with E-state index in [1.54, 1.807) is 36.4 Å². The van der Waals surface area contributed by atoms with Gasteiger partial charge in [-0.3, -0.25) is 14.9 Å². The van der Waals surface area contributed by atoms with Crippen molar-refractivity contribution in [3.8, 4) is 0 Å². The molecule has 6 nitrogen and oxygen atoms in total. The lowest BCUT2D eigenvalue weighted by Crippen LogP contribution is -2.16. The molecule has 3 aromatic rings. The van der Waals surface area contributed by atoms with Gasteiger partial charge >= 0.3 is 0 Å². The Morgan fingerprint density at radius 1 is 1.29 bits per heavy atom. The van der Waals surface area contributed by atoms with Crippen molar-refractivity contribution in [1.29, 1.82) is 0 Å². The van der Waals surface area contributed by atoms with Crippen LogP contribution in [0.5, 0.6) is 0 Å². The molecule has 0 atom stereocenters. The molecule has 3 rings (SSSR count). The predicted molar refractivity (Wildman–Crippen MR) is 93.0 cm³/mol. The van der Waals surface area contributed by atoms with E-state index in [2.05, 4.69) is 11.6 Å². The Morgan fingerprint density at radius 2 is 2.04 bits per heavy atom. The molecule has 0 aliphatic heterocycles. The van der Waals surface area contributed by atoms with Crippen molar-refractivity contribution >= 4 is 33.1 Å². The van der Waals surface area contributed by atoms with E-state index in [1.807, 2.05) is 10.6 Å². The van der Waals surface area contributed by atoms with E-state index in [-0.39, 0.29) is 11.6 Å². The summed E-state index contributed by atoms with van der Waals surface area (Å²) in [6.45, 7) is 4.17. The maximum atomic E-state index is 12.3. The molecule has 0 bridgehead atoms. The molecule has 0 saturated heterocycles. The summed E-state index contributed by atoms with van der Waals surface area (Å²) >= 11 is 1.24. The molecule has 0 aliphatic carbocycles. The first-order valence-corrected chi connectivity index (χ1v) is 7.94. The average Bonchev–Trinajstić information content (AvgIpc) is 2.92. The van der Waals surface area contributed by atoms with Crippen LogP contribution in [0.1, 0.15) is 10.4 Å². The first kappa shape index (κ1) is 15.8. The third kappa shape index (κ3) is 3.02. The van der Waals surface area contributed by atoms with Gasteiger partial charge in [-0.05, 0) is 18.2 Å². The van der Waals surface area contributed by atoms with Crippen molar-refractivity contribution in [3.05, 3.63) is 81.7 Å². The fourth-order valence-corrected chi connectivity index (χ4v) is 3.37. The van der Waals surface area contributed by atoms with Gasteiger partial charge in [0.05, 0.1) is 15.1 Å². The zero-order valence-electron chi connectivity index (χ0n) is 12.6. The number of carbonyl (C=O) groups excluding carboxylic acids is 1. The fraction of sp³-hybridized carbons (Fsp3) is 0.0588. The van der Waals surface area contributed by atoms with E-state index in [4.69, 9.17) is 0 Å². The molecular weight excluding hydrogens is 326 g/mol.